The molecular formula is C77H124ClFN2O. The zero-order valence-corrected chi connectivity index (χ0v) is 56.9. The average Bonchev–Trinajstić information content (AvgIpc) is 3.45. The molecule has 2 aliphatic heterocycles. The van der Waals surface area contributed by atoms with Gasteiger partial charge < -0.3 is 9.64 Å². The van der Waals surface area contributed by atoms with Crippen molar-refractivity contribution in [1.29, 1.82) is 0 Å². The van der Waals surface area contributed by atoms with E-state index in [2.05, 4.69) is 231 Å². The number of benzene rings is 5. The SMILES string of the molecule is CC(C)C(C)c1ccc(Cl)cc1.CC(C)CCN1CCC(c2ccccc2)CC1.CC(C)CCc1ccccc1.CC(C)Cc1ccccc1.CCCC(C)C.COC(C)CC(C)C.Cc1cccc(F)c1CN1CCCC(C(C)C)C1. The second kappa shape index (κ2) is 45.6. The quantitative estimate of drug-likeness (QED) is 0.0820. The topological polar surface area (TPSA) is 15.7 Å². The lowest BCUT2D eigenvalue weighted by Crippen LogP contribution is -2.37. The fourth-order valence-corrected chi connectivity index (χ4v) is 10.3. The zero-order chi connectivity index (χ0) is 61.4. The van der Waals surface area contributed by atoms with Gasteiger partial charge in [-0.15, -0.1) is 0 Å². The molecule has 3 unspecified atom stereocenters. The van der Waals surface area contributed by atoms with Crippen LogP contribution in [0.5, 0.6) is 0 Å². The van der Waals surface area contributed by atoms with Gasteiger partial charge in [-0.2, -0.15) is 0 Å². The number of halogens is 2. The molecule has 0 amide bonds. The van der Waals surface area contributed by atoms with Crippen LogP contribution in [0.25, 0.3) is 0 Å². The van der Waals surface area contributed by atoms with Crippen molar-refractivity contribution in [3.05, 3.63) is 178 Å². The van der Waals surface area contributed by atoms with Gasteiger partial charge in [-0.25, -0.2) is 4.39 Å². The molecule has 462 valence electrons. The van der Waals surface area contributed by atoms with E-state index < -0.39 is 0 Å². The van der Waals surface area contributed by atoms with Crippen LogP contribution in [0.2, 0.25) is 5.02 Å². The van der Waals surface area contributed by atoms with E-state index in [0.717, 1.165) is 89.5 Å². The molecule has 3 nitrogen and oxygen atoms in total. The van der Waals surface area contributed by atoms with Crippen LogP contribution < -0.4 is 0 Å². The molecule has 5 heteroatoms. The molecule has 0 radical (unpaired) electrons. The number of likely N-dealkylation sites (tertiary alicyclic amines) is 2. The zero-order valence-electron chi connectivity index (χ0n) is 56.1. The Bertz CT molecular complexity index is 2200. The van der Waals surface area contributed by atoms with Crippen molar-refractivity contribution >= 4 is 11.6 Å². The Morgan fingerprint density at radius 1 is 0.561 bits per heavy atom. The number of hydrogen-bond donors (Lipinski definition) is 0. The molecule has 5 aromatic carbocycles. The van der Waals surface area contributed by atoms with Gasteiger partial charge in [0, 0.05) is 30.8 Å². The Morgan fingerprint density at radius 2 is 1.10 bits per heavy atom. The van der Waals surface area contributed by atoms with Crippen molar-refractivity contribution in [2.24, 2.45) is 47.3 Å². The lowest BCUT2D eigenvalue weighted by molar-refractivity contribution is 0.0997. The largest absolute Gasteiger partial charge is 0.382 e. The van der Waals surface area contributed by atoms with Crippen molar-refractivity contribution in [2.75, 3.05) is 39.8 Å². The number of methoxy groups -OCH3 is 1. The Balaban J connectivity index is 0.000000492. The van der Waals surface area contributed by atoms with Crippen molar-refractivity contribution < 1.29 is 9.13 Å². The molecular weight excluding hydrogens is 1020 g/mol. The Labute approximate surface area is 512 Å². The predicted octanol–water partition coefficient (Wildman–Crippen LogP) is 22.7. The summed E-state index contributed by atoms with van der Waals surface area (Å²) in [7, 11) is 1.76. The summed E-state index contributed by atoms with van der Waals surface area (Å²) in [5, 5.41) is 0.815. The summed E-state index contributed by atoms with van der Waals surface area (Å²) in [6, 6.07) is 45.8. The Hall–Kier alpha value is -3.80. The first-order valence-corrected chi connectivity index (χ1v) is 32.9. The standard InChI is InChI=1S/C16H24FN.C16H25N.C11H15Cl.C11H16.C10H14.C7H16O.C6H14/c1-12(2)14-7-5-9-18(10-14)11-15-13(3)6-4-8-16(15)17;1-14(2)8-11-17-12-9-16(10-13-17)15-6-4-3-5-7-15;1-8(2)9(3)10-4-6-11(12)7-5-10;1-10(2)8-9-11-6-4-3-5-7-11;1-9(2)8-10-6-4-3-5-7-10;1-6(2)5-7(3)8-4;1-4-5-6(2)3/h4,6,8,12,14H,5,7,9-11H2,1-3H3;3-7,14,16H,8-13H2,1-2H3;4-9H,1-3H3;3-7,10H,8-9H2,1-2H3;3-7,9H,8H2,1-2H3;6-7H,5H2,1-4H3;6H,4-5H2,1-3H3. The van der Waals surface area contributed by atoms with Gasteiger partial charge in [0.05, 0.1) is 6.10 Å². The van der Waals surface area contributed by atoms with Crippen LogP contribution in [0.4, 0.5) is 4.39 Å². The van der Waals surface area contributed by atoms with Crippen LogP contribution in [-0.4, -0.2) is 55.7 Å². The van der Waals surface area contributed by atoms with Gasteiger partial charge in [-0.1, -0.05) is 250 Å². The highest BCUT2D eigenvalue weighted by Crippen LogP contribution is 2.29. The van der Waals surface area contributed by atoms with E-state index in [1.807, 2.05) is 25.1 Å². The highest BCUT2D eigenvalue weighted by molar-refractivity contribution is 6.30. The molecule has 3 atom stereocenters. The van der Waals surface area contributed by atoms with Crippen molar-refractivity contribution in [2.45, 2.75) is 220 Å². The van der Waals surface area contributed by atoms with E-state index in [1.165, 1.54) is 106 Å². The molecule has 5 aromatic rings. The first kappa shape index (κ1) is 76.2. The summed E-state index contributed by atoms with van der Waals surface area (Å²) in [5.41, 5.74) is 7.76. The smallest absolute Gasteiger partial charge is 0.127 e. The van der Waals surface area contributed by atoms with E-state index in [1.54, 1.807) is 19.2 Å². The molecule has 2 heterocycles. The molecule has 2 aliphatic rings. The number of rotatable bonds is 19. The maximum atomic E-state index is 13.8. The summed E-state index contributed by atoms with van der Waals surface area (Å²) in [4.78, 5) is 5.05. The predicted molar refractivity (Wildman–Crippen MR) is 363 cm³/mol. The van der Waals surface area contributed by atoms with Gasteiger partial charge in [-0.05, 0) is 203 Å². The summed E-state index contributed by atoms with van der Waals surface area (Å²) >= 11 is 5.80. The minimum atomic E-state index is -0.0540. The maximum absolute atomic E-state index is 13.8. The minimum absolute atomic E-state index is 0.0540. The number of piperidine rings is 2. The summed E-state index contributed by atoms with van der Waals surface area (Å²) in [5.74, 6) is 7.61. The van der Waals surface area contributed by atoms with Crippen LogP contribution in [0.3, 0.4) is 0 Å². The lowest BCUT2D eigenvalue weighted by Gasteiger charge is -2.35. The second-order valence-electron chi connectivity index (χ2n) is 26.6. The number of hydrogen-bond acceptors (Lipinski definition) is 3. The van der Waals surface area contributed by atoms with Crippen molar-refractivity contribution in [1.82, 2.24) is 9.80 Å². The molecule has 0 bridgehead atoms. The normalized spacial score (nSPS) is 15.4. The van der Waals surface area contributed by atoms with Crippen molar-refractivity contribution in [3.63, 3.8) is 0 Å². The van der Waals surface area contributed by atoms with Crippen LogP contribution in [0.1, 0.15) is 221 Å². The highest BCUT2D eigenvalue weighted by Gasteiger charge is 2.24. The molecule has 2 fully saturated rings. The molecule has 82 heavy (non-hydrogen) atoms. The summed E-state index contributed by atoms with van der Waals surface area (Å²) < 4.78 is 18.9. The molecule has 2 saturated heterocycles. The minimum Gasteiger partial charge on any atom is -0.382 e. The number of ether oxygens (including phenoxy) is 1. The molecule has 0 aliphatic carbocycles. The fraction of sp³-hybridized carbons (Fsp3) is 0.610. The van der Waals surface area contributed by atoms with Crippen LogP contribution in [-0.2, 0) is 24.1 Å². The van der Waals surface area contributed by atoms with Gasteiger partial charge >= 0.3 is 0 Å². The van der Waals surface area contributed by atoms with Crippen LogP contribution in [0, 0.1) is 60.1 Å². The van der Waals surface area contributed by atoms with Crippen LogP contribution in [0.15, 0.2) is 133 Å². The van der Waals surface area contributed by atoms with Crippen molar-refractivity contribution in [3.8, 4) is 0 Å². The summed E-state index contributed by atoms with van der Waals surface area (Å²) in [6.07, 6.45) is 14.6. The summed E-state index contributed by atoms with van der Waals surface area (Å²) in [6.45, 7) is 47.0. The monoisotopic (exact) mass is 1150 g/mol. The van der Waals surface area contributed by atoms with Gasteiger partial charge in [0.1, 0.15) is 5.82 Å². The van der Waals surface area contributed by atoms with E-state index >= 15 is 0 Å². The van der Waals surface area contributed by atoms with Crippen LogP contribution >= 0.6 is 11.6 Å². The van der Waals surface area contributed by atoms with E-state index in [-0.39, 0.29) is 5.82 Å². The first-order chi connectivity index (χ1) is 38.9. The van der Waals surface area contributed by atoms with Gasteiger partial charge in [-0.3, -0.25) is 4.90 Å². The van der Waals surface area contributed by atoms with Gasteiger partial charge in [0.15, 0.2) is 0 Å². The second-order valence-corrected chi connectivity index (χ2v) is 27.0. The molecule has 0 aromatic heterocycles. The number of nitrogens with zero attached hydrogens (tertiary/aromatic N) is 2. The third-order valence-corrected chi connectivity index (χ3v) is 16.2. The van der Waals surface area contributed by atoms with Gasteiger partial charge in [0.25, 0.3) is 0 Å². The fourth-order valence-electron chi connectivity index (χ4n) is 10.2. The lowest BCUT2D eigenvalue weighted by atomic mass is 9.87. The third kappa shape index (κ3) is 37.5. The first-order valence-electron chi connectivity index (χ1n) is 32.5. The van der Waals surface area contributed by atoms with Gasteiger partial charge in [0.2, 0.25) is 0 Å². The molecule has 0 saturated carbocycles. The maximum Gasteiger partial charge on any atom is 0.127 e. The molecule has 0 spiro atoms. The van der Waals surface area contributed by atoms with E-state index in [4.69, 9.17) is 16.3 Å². The molecule has 0 N–H and O–H groups in total. The third-order valence-electron chi connectivity index (χ3n) is 15.9. The Kier molecular flexibility index (Phi) is 42.3. The molecule has 7 rings (SSSR count). The average molecular weight is 1150 g/mol. The highest BCUT2D eigenvalue weighted by atomic mass is 35.5. The van der Waals surface area contributed by atoms with E-state index in [9.17, 15) is 4.39 Å². The van der Waals surface area contributed by atoms with E-state index in [0.29, 0.717) is 17.9 Å². The number of aryl methyl sites for hydroxylation is 2. The Morgan fingerprint density at radius 3 is 1.54 bits per heavy atom.